The number of aliphatic hydroxyl groups excluding tert-OH is 2. The third-order valence-electron chi connectivity index (χ3n) is 5.82. The summed E-state index contributed by atoms with van der Waals surface area (Å²) in [5.74, 6) is 0.814. The second-order valence-electron chi connectivity index (χ2n) is 9.24. The number of rotatable bonds is 4. The highest BCUT2D eigenvalue weighted by atomic mass is 28.4. The molecule has 1 aliphatic heterocycles. The number of nitrogens with two attached hydrogens (primary N) is 1. The van der Waals surface area contributed by atoms with Crippen molar-refractivity contribution in [3.63, 3.8) is 0 Å². The van der Waals surface area contributed by atoms with E-state index in [9.17, 15) is 10.2 Å². The molecule has 0 aromatic carbocycles. The van der Waals surface area contributed by atoms with Crippen molar-refractivity contribution in [3.8, 4) is 0 Å². The number of hydrogen-bond donors (Lipinski definition) is 3. The molecule has 0 radical (unpaired) electrons. The Morgan fingerprint density at radius 3 is 2.41 bits per heavy atom. The number of aliphatic hydroxyl groups is 2. The summed E-state index contributed by atoms with van der Waals surface area (Å²) in [6.07, 6.45) is -1.22. The minimum absolute atomic E-state index is 0.0235. The largest absolute Gasteiger partial charge is 0.545 e. The third-order valence-corrected chi connectivity index (χ3v) is 10.2. The van der Waals surface area contributed by atoms with E-state index in [1.807, 2.05) is 13.8 Å². The molecule has 160 valence electrons. The molecule has 4 N–H and O–H groups in total. The van der Waals surface area contributed by atoms with E-state index in [1.165, 1.54) is 12.7 Å². The van der Waals surface area contributed by atoms with Crippen LogP contribution in [-0.4, -0.2) is 56.4 Å². The molecule has 3 heterocycles. The van der Waals surface area contributed by atoms with E-state index in [-0.39, 0.29) is 10.9 Å². The average molecular weight is 422 g/mol. The number of anilines is 1. The number of nitrogens with zero attached hydrogens (tertiary/aromatic N) is 4. The first-order valence-electron chi connectivity index (χ1n) is 9.66. The van der Waals surface area contributed by atoms with Gasteiger partial charge in [0.25, 0.3) is 0 Å². The van der Waals surface area contributed by atoms with Crippen LogP contribution in [0.15, 0.2) is 24.0 Å². The fourth-order valence-corrected chi connectivity index (χ4v) is 4.21. The maximum absolute atomic E-state index is 10.8. The van der Waals surface area contributed by atoms with Gasteiger partial charge in [-0.15, -0.1) is 0 Å². The highest BCUT2D eigenvalue weighted by Crippen LogP contribution is 2.42. The number of imidazole rings is 1. The van der Waals surface area contributed by atoms with E-state index in [0.717, 1.165) is 5.57 Å². The molecule has 10 heteroatoms. The molecule has 4 atom stereocenters. The van der Waals surface area contributed by atoms with Gasteiger partial charge in [0.2, 0.25) is 8.32 Å². The first-order valence-corrected chi connectivity index (χ1v) is 12.6. The van der Waals surface area contributed by atoms with Gasteiger partial charge in [0, 0.05) is 0 Å². The van der Waals surface area contributed by atoms with Gasteiger partial charge in [0.15, 0.2) is 17.7 Å². The molecule has 1 saturated heterocycles. The van der Waals surface area contributed by atoms with Crippen LogP contribution in [0.5, 0.6) is 0 Å². The molecule has 29 heavy (non-hydrogen) atoms. The third kappa shape index (κ3) is 3.77. The van der Waals surface area contributed by atoms with Crippen LogP contribution >= 0.6 is 0 Å². The molecule has 0 amide bonds. The van der Waals surface area contributed by atoms with E-state index in [4.69, 9.17) is 14.9 Å². The lowest BCUT2D eigenvalue weighted by atomic mass is 10.1. The van der Waals surface area contributed by atoms with E-state index >= 15 is 0 Å². The fraction of sp³-hybridized carbons (Fsp3) is 0.632. The SMILES string of the molecule is CC(C)=C(O[Si](C)(C)C(C)(C)C)[C@H]1O[C@@H](n2cnc3c(N)ncnc32)[C@H](O)[C@@H]1O. The highest BCUT2D eigenvalue weighted by molar-refractivity contribution is 6.74. The van der Waals surface area contributed by atoms with Gasteiger partial charge in [-0.05, 0) is 37.6 Å². The van der Waals surface area contributed by atoms with Gasteiger partial charge >= 0.3 is 0 Å². The van der Waals surface area contributed by atoms with Crippen molar-refractivity contribution in [2.75, 3.05) is 5.73 Å². The number of hydrogen-bond acceptors (Lipinski definition) is 8. The predicted octanol–water partition coefficient (Wildman–Crippen LogP) is 2.34. The summed E-state index contributed by atoms with van der Waals surface area (Å²) in [6.45, 7) is 14.5. The molecule has 1 aliphatic rings. The molecule has 1 fully saturated rings. The van der Waals surface area contributed by atoms with Crippen molar-refractivity contribution < 1.29 is 19.4 Å². The van der Waals surface area contributed by atoms with Crippen LogP contribution in [-0.2, 0) is 9.16 Å². The zero-order valence-corrected chi connectivity index (χ0v) is 19.0. The molecular weight excluding hydrogens is 390 g/mol. The summed E-state index contributed by atoms with van der Waals surface area (Å²) in [4.78, 5) is 12.4. The molecular formula is C19H31N5O4Si. The Hall–Kier alpha value is -2.01. The predicted molar refractivity (Wildman–Crippen MR) is 112 cm³/mol. The second-order valence-corrected chi connectivity index (χ2v) is 14.0. The molecule has 2 aromatic heterocycles. The van der Waals surface area contributed by atoms with Gasteiger partial charge in [-0.25, -0.2) is 15.0 Å². The maximum atomic E-state index is 10.8. The zero-order valence-electron chi connectivity index (χ0n) is 18.0. The first-order chi connectivity index (χ1) is 13.3. The fourth-order valence-electron chi connectivity index (χ4n) is 3.03. The molecule has 9 nitrogen and oxygen atoms in total. The Balaban J connectivity index is 1.95. The van der Waals surface area contributed by atoms with Crippen molar-refractivity contribution in [1.29, 1.82) is 0 Å². The molecule has 2 aromatic rings. The van der Waals surface area contributed by atoms with Crippen molar-refractivity contribution >= 4 is 25.3 Å². The molecule has 0 spiro atoms. The van der Waals surface area contributed by atoms with E-state index in [1.54, 1.807) is 4.57 Å². The van der Waals surface area contributed by atoms with Crippen molar-refractivity contribution in [2.45, 2.75) is 77.3 Å². The summed E-state index contributed by atoms with van der Waals surface area (Å²) >= 11 is 0. The molecule has 0 aliphatic carbocycles. The lowest BCUT2D eigenvalue weighted by Crippen LogP contribution is -2.43. The number of aromatic nitrogens is 4. The van der Waals surface area contributed by atoms with Gasteiger partial charge < -0.3 is 25.1 Å². The van der Waals surface area contributed by atoms with E-state index in [2.05, 4.69) is 48.8 Å². The van der Waals surface area contributed by atoms with Crippen molar-refractivity contribution in [2.24, 2.45) is 0 Å². The number of fused-ring (bicyclic) bond motifs is 1. The summed E-state index contributed by atoms with van der Waals surface area (Å²) < 4.78 is 14.2. The Bertz CT molecular complexity index is 932. The van der Waals surface area contributed by atoms with Crippen LogP contribution in [0, 0.1) is 0 Å². The van der Waals surface area contributed by atoms with Crippen LogP contribution in [0.4, 0.5) is 5.82 Å². The quantitative estimate of drug-likeness (QED) is 0.507. The Labute approximate surface area is 171 Å². The smallest absolute Gasteiger partial charge is 0.250 e. The van der Waals surface area contributed by atoms with Gasteiger partial charge in [-0.3, -0.25) is 4.57 Å². The highest BCUT2D eigenvalue weighted by Gasteiger charge is 2.49. The maximum Gasteiger partial charge on any atom is 0.250 e. The Morgan fingerprint density at radius 2 is 1.83 bits per heavy atom. The molecule has 0 bridgehead atoms. The van der Waals surface area contributed by atoms with Crippen LogP contribution in [0.2, 0.25) is 18.1 Å². The van der Waals surface area contributed by atoms with Crippen molar-refractivity contribution in [1.82, 2.24) is 19.5 Å². The monoisotopic (exact) mass is 421 g/mol. The van der Waals surface area contributed by atoms with Gasteiger partial charge in [-0.2, -0.15) is 0 Å². The van der Waals surface area contributed by atoms with E-state index in [0.29, 0.717) is 16.9 Å². The first kappa shape index (κ1) is 21.7. The van der Waals surface area contributed by atoms with Crippen LogP contribution in [0.25, 0.3) is 11.2 Å². The average Bonchev–Trinajstić information content (AvgIpc) is 3.15. The van der Waals surface area contributed by atoms with Crippen LogP contribution in [0.1, 0.15) is 40.8 Å². The minimum Gasteiger partial charge on any atom is -0.545 e. The van der Waals surface area contributed by atoms with Gasteiger partial charge in [-0.1, -0.05) is 20.8 Å². The van der Waals surface area contributed by atoms with E-state index < -0.39 is 32.9 Å². The zero-order chi connectivity index (χ0) is 21.7. The van der Waals surface area contributed by atoms with Crippen molar-refractivity contribution in [3.05, 3.63) is 24.0 Å². The Kier molecular flexibility index (Phi) is 5.50. The number of nitrogen functional groups attached to an aromatic ring is 1. The van der Waals surface area contributed by atoms with Crippen LogP contribution < -0.4 is 5.73 Å². The second kappa shape index (κ2) is 7.35. The molecule has 0 unspecified atom stereocenters. The summed E-state index contributed by atoms with van der Waals surface area (Å²) in [7, 11) is -2.18. The topological polar surface area (TPSA) is 129 Å². The molecule has 3 rings (SSSR count). The standard InChI is InChI=1S/C19H31N5O4Si/c1-10(2)14(28-29(6,7)19(3,4)5)15-12(25)13(26)18(27-15)24-9-23-11-16(20)21-8-22-17(11)24/h8-9,12-13,15,18,25-26H,1-7H3,(H2,20,21,22)/t12-,13+,15-,18+/m0/s1. The number of allylic oxidation sites excluding steroid dienone is 1. The Morgan fingerprint density at radius 1 is 1.17 bits per heavy atom. The van der Waals surface area contributed by atoms with Crippen LogP contribution in [0.3, 0.4) is 0 Å². The van der Waals surface area contributed by atoms with Gasteiger partial charge in [0.05, 0.1) is 6.33 Å². The summed E-state index contributed by atoms with van der Waals surface area (Å²) in [6, 6.07) is 0. The summed E-state index contributed by atoms with van der Waals surface area (Å²) in [5.41, 5.74) is 7.60. The minimum atomic E-state index is -2.18. The molecule has 0 saturated carbocycles. The van der Waals surface area contributed by atoms with Gasteiger partial charge in [0.1, 0.15) is 35.9 Å². The normalized spacial score (nSPS) is 25.4. The lowest BCUT2D eigenvalue weighted by molar-refractivity contribution is -0.0337. The summed E-state index contributed by atoms with van der Waals surface area (Å²) in [5, 5.41) is 21.5. The number of ether oxygens (including phenoxy) is 1. The lowest BCUT2D eigenvalue weighted by Gasteiger charge is -2.39.